The van der Waals surface area contributed by atoms with Crippen molar-refractivity contribution in [2.24, 2.45) is 0 Å². The molecule has 0 spiro atoms. The first kappa shape index (κ1) is 13.8. The highest BCUT2D eigenvalue weighted by Gasteiger charge is 2.14. The Bertz CT molecular complexity index is 412. The van der Waals surface area contributed by atoms with Gasteiger partial charge in [-0.15, -0.1) is 0 Å². The van der Waals surface area contributed by atoms with Gasteiger partial charge in [-0.3, -0.25) is 0 Å². The molecule has 0 heterocycles. The predicted molar refractivity (Wildman–Crippen MR) is 70.5 cm³/mol. The summed E-state index contributed by atoms with van der Waals surface area (Å²) in [5.74, 6) is 0. The highest BCUT2D eigenvalue weighted by atomic mass is 35.5. The van der Waals surface area contributed by atoms with Crippen LogP contribution in [-0.4, -0.2) is 26.3 Å². The summed E-state index contributed by atoms with van der Waals surface area (Å²) in [4.78, 5) is 2.14. The van der Waals surface area contributed by atoms with Gasteiger partial charge in [0.15, 0.2) is 0 Å². The zero-order valence-corrected chi connectivity index (χ0v) is 11.2. The van der Waals surface area contributed by atoms with Crippen LogP contribution in [0.1, 0.15) is 19.4 Å². The van der Waals surface area contributed by atoms with Crippen molar-refractivity contribution >= 4 is 17.3 Å². The molecule has 0 saturated carbocycles. The third kappa shape index (κ3) is 3.62. The average molecular weight is 253 g/mol. The minimum atomic E-state index is 0.304. The molecule has 1 aromatic carbocycles. The normalized spacial score (nSPS) is 10.4. The van der Waals surface area contributed by atoms with Crippen molar-refractivity contribution in [1.29, 1.82) is 5.26 Å². The molecule has 0 radical (unpaired) electrons. The molecule has 17 heavy (non-hydrogen) atoms. The molecule has 0 aliphatic rings. The van der Waals surface area contributed by atoms with E-state index in [0.717, 1.165) is 12.2 Å². The predicted octanol–water partition coefficient (Wildman–Crippen LogP) is 3.07. The summed E-state index contributed by atoms with van der Waals surface area (Å²) in [7, 11) is 1.67. The van der Waals surface area contributed by atoms with E-state index in [2.05, 4.69) is 24.8 Å². The van der Waals surface area contributed by atoms with Crippen LogP contribution in [-0.2, 0) is 4.74 Å². The van der Waals surface area contributed by atoms with Crippen LogP contribution in [0.15, 0.2) is 18.2 Å². The van der Waals surface area contributed by atoms with Gasteiger partial charge in [-0.1, -0.05) is 11.6 Å². The maximum atomic E-state index is 9.13. The van der Waals surface area contributed by atoms with Crippen LogP contribution in [0.5, 0.6) is 0 Å². The van der Waals surface area contributed by atoms with Gasteiger partial charge in [0.1, 0.15) is 6.07 Å². The molecule has 0 N–H and O–H groups in total. The summed E-state index contributed by atoms with van der Waals surface area (Å²) in [6.45, 7) is 5.56. The quantitative estimate of drug-likeness (QED) is 0.808. The number of nitrogens with zero attached hydrogens (tertiary/aromatic N) is 2. The molecule has 0 fully saturated rings. The lowest BCUT2D eigenvalue weighted by atomic mass is 10.1. The Morgan fingerprint density at radius 3 is 2.71 bits per heavy atom. The van der Waals surface area contributed by atoms with Crippen LogP contribution in [0.4, 0.5) is 5.69 Å². The van der Waals surface area contributed by atoms with Crippen LogP contribution in [0, 0.1) is 11.3 Å². The van der Waals surface area contributed by atoms with E-state index < -0.39 is 0 Å². The number of anilines is 1. The van der Waals surface area contributed by atoms with Crippen molar-refractivity contribution in [1.82, 2.24) is 0 Å². The van der Waals surface area contributed by atoms with Gasteiger partial charge in [0, 0.05) is 24.7 Å². The second-order valence-corrected chi connectivity index (χ2v) is 4.49. The first-order valence-corrected chi connectivity index (χ1v) is 5.93. The molecule has 0 unspecified atom stereocenters. The number of halogens is 1. The van der Waals surface area contributed by atoms with E-state index in [1.165, 1.54) is 0 Å². The lowest BCUT2D eigenvalue weighted by Gasteiger charge is -2.29. The summed E-state index contributed by atoms with van der Waals surface area (Å²) >= 11 is 5.89. The molecule has 1 aromatic rings. The number of hydrogen-bond acceptors (Lipinski definition) is 3. The standard InChI is InChI=1S/C13H17ClN2O/c1-10(2)16(6-7-17-3)13-5-4-12(14)8-11(13)9-15/h4-5,8,10H,6-7H2,1-3H3. The maximum absolute atomic E-state index is 9.13. The molecule has 3 nitrogen and oxygen atoms in total. The van der Waals surface area contributed by atoms with Gasteiger partial charge in [-0.05, 0) is 32.0 Å². The van der Waals surface area contributed by atoms with Gasteiger partial charge in [0.2, 0.25) is 0 Å². The van der Waals surface area contributed by atoms with Crippen LogP contribution in [0.3, 0.4) is 0 Å². The topological polar surface area (TPSA) is 36.3 Å². The smallest absolute Gasteiger partial charge is 0.101 e. The van der Waals surface area contributed by atoms with E-state index in [-0.39, 0.29) is 0 Å². The van der Waals surface area contributed by atoms with Crippen LogP contribution >= 0.6 is 11.6 Å². The molecule has 0 atom stereocenters. The molecule has 0 aromatic heterocycles. The van der Waals surface area contributed by atoms with Gasteiger partial charge in [-0.2, -0.15) is 5.26 Å². The monoisotopic (exact) mass is 252 g/mol. The van der Waals surface area contributed by atoms with Crippen LogP contribution in [0.2, 0.25) is 5.02 Å². The fourth-order valence-electron chi connectivity index (χ4n) is 1.69. The van der Waals surface area contributed by atoms with Crippen LogP contribution in [0.25, 0.3) is 0 Å². The number of rotatable bonds is 5. The van der Waals surface area contributed by atoms with E-state index in [1.807, 2.05) is 6.07 Å². The Balaban J connectivity index is 3.05. The van der Waals surface area contributed by atoms with Gasteiger partial charge >= 0.3 is 0 Å². The number of hydrogen-bond donors (Lipinski definition) is 0. The molecule has 4 heteroatoms. The van der Waals surface area contributed by atoms with Crippen molar-refractivity contribution in [3.05, 3.63) is 28.8 Å². The van der Waals surface area contributed by atoms with E-state index in [0.29, 0.717) is 23.2 Å². The fraction of sp³-hybridized carbons (Fsp3) is 0.462. The summed E-state index contributed by atoms with van der Waals surface area (Å²) in [5.41, 5.74) is 1.51. The second-order valence-electron chi connectivity index (χ2n) is 4.05. The van der Waals surface area contributed by atoms with Crippen molar-refractivity contribution < 1.29 is 4.74 Å². The third-order valence-electron chi connectivity index (χ3n) is 2.55. The zero-order valence-electron chi connectivity index (χ0n) is 10.4. The number of benzene rings is 1. The number of ether oxygens (including phenoxy) is 1. The molecule has 0 bridgehead atoms. The molecule has 0 saturated heterocycles. The third-order valence-corrected chi connectivity index (χ3v) is 2.78. The summed E-state index contributed by atoms with van der Waals surface area (Å²) in [6.07, 6.45) is 0. The van der Waals surface area contributed by atoms with Crippen molar-refractivity contribution in [3.8, 4) is 6.07 Å². The van der Waals surface area contributed by atoms with E-state index >= 15 is 0 Å². The Morgan fingerprint density at radius 1 is 1.47 bits per heavy atom. The maximum Gasteiger partial charge on any atom is 0.101 e. The number of methoxy groups -OCH3 is 1. The van der Waals surface area contributed by atoms with Crippen LogP contribution < -0.4 is 4.90 Å². The molecule has 0 amide bonds. The fourth-order valence-corrected chi connectivity index (χ4v) is 1.87. The van der Waals surface area contributed by atoms with Gasteiger partial charge in [0.05, 0.1) is 17.9 Å². The molecule has 1 rings (SSSR count). The molecule has 0 aliphatic heterocycles. The molecule has 92 valence electrons. The molecular weight excluding hydrogens is 236 g/mol. The Kier molecular flexibility index (Phi) is 5.27. The SMILES string of the molecule is COCCN(c1ccc(Cl)cc1C#N)C(C)C. The minimum absolute atomic E-state index is 0.304. The molecule has 0 aliphatic carbocycles. The lowest BCUT2D eigenvalue weighted by Crippen LogP contribution is -2.34. The second kappa shape index (κ2) is 6.48. The Morgan fingerprint density at radius 2 is 2.18 bits per heavy atom. The van der Waals surface area contributed by atoms with Gasteiger partial charge < -0.3 is 9.64 Å². The zero-order chi connectivity index (χ0) is 12.8. The van der Waals surface area contributed by atoms with Crippen molar-refractivity contribution in [3.63, 3.8) is 0 Å². The number of nitriles is 1. The first-order chi connectivity index (χ1) is 8.10. The van der Waals surface area contributed by atoms with Gasteiger partial charge in [-0.25, -0.2) is 0 Å². The summed E-state index contributed by atoms with van der Waals surface area (Å²) in [5, 5.41) is 9.72. The summed E-state index contributed by atoms with van der Waals surface area (Å²) in [6, 6.07) is 7.87. The van der Waals surface area contributed by atoms with Crippen molar-refractivity contribution in [2.45, 2.75) is 19.9 Å². The summed E-state index contributed by atoms with van der Waals surface area (Å²) < 4.78 is 5.09. The largest absolute Gasteiger partial charge is 0.383 e. The highest BCUT2D eigenvalue weighted by molar-refractivity contribution is 6.30. The Labute approximate surface area is 108 Å². The minimum Gasteiger partial charge on any atom is -0.383 e. The van der Waals surface area contributed by atoms with Gasteiger partial charge in [0.25, 0.3) is 0 Å². The lowest BCUT2D eigenvalue weighted by molar-refractivity contribution is 0.204. The van der Waals surface area contributed by atoms with E-state index in [9.17, 15) is 0 Å². The van der Waals surface area contributed by atoms with Crippen molar-refractivity contribution in [2.75, 3.05) is 25.2 Å². The molecular formula is C13H17ClN2O. The highest BCUT2D eigenvalue weighted by Crippen LogP contribution is 2.25. The first-order valence-electron chi connectivity index (χ1n) is 5.55. The average Bonchev–Trinajstić information content (AvgIpc) is 2.30. The van der Waals surface area contributed by atoms with E-state index in [1.54, 1.807) is 19.2 Å². The van der Waals surface area contributed by atoms with E-state index in [4.69, 9.17) is 21.6 Å². The Hall–Kier alpha value is -1.24.